The number of halogens is 3. The van der Waals surface area contributed by atoms with Gasteiger partial charge < -0.3 is 5.73 Å². The third kappa shape index (κ3) is 2.43. The van der Waals surface area contributed by atoms with E-state index in [-0.39, 0.29) is 5.69 Å². The van der Waals surface area contributed by atoms with Crippen LogP contribution in [0.4, 0.5) is 10.1 Å². The molecule has 3 rings (SSSR count). The minimum absolute atomic E-state index is 0.0132. The third-order valence-electron chi connectivity index (χ3n) is 2.88. The summed E-state index contributed by atoms with van der Waals surface area (Å²) in [6.07, 6.45) is 0. The van der Waals surface area contributed by atoms with Crippen molar-refractivity contribution in [2.24, 2.45) is 0 Å². The minimum atomic E-state index is -0.501. The molecule has 2 N–H and O–H groups in total. The van der Waals surface area contributed by atoms with Gasteiger partial charge in [0.15, 0.2) is 5.82 Å². The Labute approximate surface area is 129 Å². The van der Waals surface area contributed by atoms with Gasteiger partial charge in [-0.3, -0.25) is 0 Å². The van der Waals surface area contributed by atoms with Crippen molar-refractivity contribution in [2.75, 3.05) is 5.73 Å². The van der Waals surface area contributed by atoms with E-state index in [9.17, 15) is 4.39 Å². The average molecular weight is 324 g/mol. The predicted octanol–water partition coefficient (Wildman–Crippen LogP) is 3.36. The summed E-state index contributed by atoms with van der Waals surface area (Å²) in [6, 6.07) is 9.36. The van der Waals surface area contributed by atoms with E-state index < -0.39 is 5.82 Å². The molecule has 0 amide bonds. The number of nitrogens with zero attached hydrogens (tertiary/aromatic N) is 4. The highest BCUT2D eigenvalue weighted by Gasteiger charge is 2.15. The molecule has 21 heavy (non-hydrogen) atoms. The summed E-state index contributed by atoms with van der Waals surface area (Å²) in [5.74, 6) is -0.121. The largest absolute Gasteiger partial charge is 0.396 e. The molecular formula is C13H8Cl2FN5. The predicted molar refractivity (Wildman–Crippen MR) is 79.0 cm³/mol. The van der Waals surface area contributed by atoms with Crippen molar-refractivity contribution in [3.8, 4) is 17.1 Å². The Kier molecular flexibility index (Phi) is 3.48. The van der Waals surface area contributed by atoms with E-state index in [1.165, 1.54) is 22.9 Å². The molecule has 2 aromatic carbocycles. The van der Waals surface area contributed by atoms with Gasteiger partial charge in [0.25, 0.3) is 0 Å². The molecule has 5 nitrogen and oxygen atoms in total. The quantitative estimate of drug-likeness (QED) is 0.734. The van der Waals surface area contributed by atoms with E-state index in [0.717, 1.165) is 0 Å². The van der Waals surface area contributed by atoms with Crippen LogP contribution in [-0.2, 0) is 0 Å². The van der Waals surface area contributed by atoms with Gasteiger partial charge >= 0.3 is 0 Å². The Morgan fingerprint density at radius 3 is 2.71 bits per heavy atom. The van der Waals surface area contributed by atoms with E-state index >= 15 is 0 Å². The van der Waals surface area contributed by atoms with Crippen molar-refractivity contribution < 1.29 is 4.39 Å². The number of rotatable bonds is 2. The topological polar surface area (TPSA) is 69.6 Å². The first-order chi connectivity index (χ1) is 10.1. The number of nitrogen functional groups attached to an aromatic ring is 1. The zero-order chi connectivity index (χ0) is 15.0. The van der Waals surface area contributed by atoms with Gasteiger partial charge in [-0.1, -0.05) is 29.3 Å². The van der Waals surface area contributed by atoms with Crippen molar-refractivity contribution in [1.82, 2.24) is 20.2 Å². The first-order valence-electron chi connectivity index (χ1n) is 5.86. The van der Waals surface area contributed by atoms with E-state index in [2.05, 4.69) is 15.5 Å². The molecule has 1 heterocycles. The van der Waals surface area contributed by atoms with Crippen LogP contribution in [0.1, 0.15) is 0 Å². The van der Waals surface area contributed by atoms with Gasteiger partial charge in [0.2, 0.25) is 0 Å². The molecule has 0 atom stereocenters. The highest BCUT2D eigenvalue weighted by atomic mass is 35.5. The lowest BCUT2D eigenvalue weighted by atomic mass is 10.2. The van der Waals surface area contributed by atoms with Gasteiger partial charge in [0.1, 0.15) is 5.82 Å². The Balaban J connectivity index is 2.17. The molecule has 0 radical (unpaired) electrons. The maximum absolute atomic E-state index is 13.3. The van der Waals surface area contributed by atoms with Crippen molar-refractivity contribution in [3.63, 3.8) is 0 Å². The molecule has 3 aromatic rings. The van der Waals surface area contributed by atoms with Gasteiger partial charge in [-0.2, -0.15) is 4.68 Å². The van der Waals surface area contributed by atoms with Gasteiger partial charge in [0.05, 0.1) is 21.4 Å². The average Bonchev–Trinajstić information content (AvgIpc) is 2.94. The third-order valence-corrected chi connectivity index (χ3v) is 3.69. The second-order valence-electron chi connectivity index (χ2n) is 4.22. The second kappa shape index (κ2) is 5.31. The van der Waals surface area contributed by atoms with Crippen LogP contribution >= 0.6 is 23.2 Å². The summed E-state index contributed by atoms with van der Waals surface area (Å²) >= 11 is 12.2. The number of hydrogen-bond donors (Lipinski definition) is 1. The standard InChI is InChI=1S/C13H8Cl2FN5/c14-8-2-1-3-11(12(8)15)21-13(18-19-20-21)7-4-5-9(16)10(17)6-7/h1-6H,17H2. The maximum atomic E-state index is 13.3. The summed E-state index contributed by atoms with van der Waals surface area (Å²) in [7, 11) is 0. The maximum Gasteiger partial charge on any atom is 0.187 e. The molecule has 0 aliphatic carbocycles. The van der Waals surface area contributed by atoms with Crippen LogP contribution in [0.2, 0.25) is 10.0 Å². The summed E-state index contributed by atoms with van der Waals surface area (Å²) in [4.78, 5) is 0. The fraction of sp³-hybridized carbons (Fsp3) is 0. The molecule has 0 bridgehead atoms. The van der Waals surface area contributed by atoms with Crippen LogP contribution in [0.15, 0.2) is 36.4 Å². The van der Waals surface area contributed by atoms with Crippen molar-refractivity contribution >= 4 is 28.9 Å². The van der Waals surface area contributed by atoms with Gasteiger partial charge in [-0.05, 0) is 40.8 Å². The number of tetrazole rings is 1. The molecule has 0 unspecified atom stereocenters. The lowest BCUT2D eigenvalue weighted by molar-refractivity contribution is 0.632. The molecular weight excluding hydrogens is 316 g/mol. The summed E-state index contributed by atoms with van der Waals surface area (Å²) < 4.78 is 14.7. The number of hydrogen-bond acceptors (Lipinski definition) is 4. The van der Waals surface area contributed by atoms with Crippen LogP contribution in [-0.4, -0.2) is 20.2 Å². The van der Waals surface area contributed by atoms with E-state index in [1.54, 1.807) is 18.2 Å². The molecule has 8 heteroatoms. The Morgan fingerprint density at radius 2 is 1.95 bits per heavy atom. The van der Waals surface area contributed by atoms with Gasteiger partial charge in [-0.25, -0.2) is 4.39 Å². The first kappa shape index (κ1) is 13.8. The summed E-state index contributed by atoms with van der Waals surface area (Å²) in [6.45, 7) is 0. The monoisotopic (exact) mass is 323 g/mol. The minimum Gasteiger partial charge on any atom is -0.396 e. The summed E-state index contributed by atoms with van der Waals surface area (Å²) in [5.41, 5.74) is 6.67. The molecule has 0 saturated heterocycles. The number of benzene rings is 2. The lowest BCUT2D eigenvalue weighted by Crippen LogP contribution is -2.01. The van der Waals surface area contributed by atoms with Crippen molar-refractivity contribution in [3.05, 3.63) is 52.3 Å². The van der Waals surface area contributed by atoms with Gasteiger partial charge in [0, 0.05) is 5.56 Å². The molecule has 0 aliphatic heterocycles. The Hall–Kier alpha value is -2.18. The second-order valence-corrected chi connectivity index (χ2v) is 5.01. The van der Waals surface area contributed by atoms with E-state index in [4.69, 9.17) is 28.9 Å². The zero-order valence-electron chi connectivity index (χ0n) is 10.5. The van der Waals surface area contributed by atoms with Crippen molar-refractivity contribution in [1.29, 1.82) is 0 Å². The van der Waals surface area contributed by atoms with E-state index in [0.29, 0.717) is 27.1 Å². The Morgan fingerprint density at radius 1 is 1.14 bits per heavy atom. The lowest BCUT2D eigenvalue weighted by Gasteiger charge is -2.08. The molecule has 1 aromatic heterocycles. The SMILES string of the molecule is Nc1cc(-c2nnnn2-c2cccc(Cl)c2Cl)ccc1F. The molecule has 106 valence electrons. The van der Waals surface area contributed by atoms with Crippen LogP contribution in [0, 0.1) is 5.82 Å². The van der Waals surface area contributed by atoms with E-state index in [1.807, 2.05) is 0 Å². The molecule has 0 aliphatic rings. The van der Waals surface area contributed by atoms with Crippen LogP contribution in [0.3, 0.4) is 0 Å². The zero-order valence-corrected chi connectivity index (χ0v) is 12.0. The Bertz CT molecular complexity index is 818. The number of aromatic nitrogens is 4. The molecule has 0 spiro atoms. The molecule has 0 saturated carbocycles. The fourth-order valence-corrected chi connectivity index (χ4v) is 2.24. The van der Waals surface area contributed by atoms with Gasteiger partial charge in [-0.15, -0.1) is 5.10 Å². The normalized spacial score (nSPS) is 10.8. The van der Waals surface area contributed by atoms with Crippen LogP contribution in [0.5, 0.6) is 0 Å². The highest BCUT2D eigenvalue weighted by Crippen LogP contribution is 2.30. The number of anilines is 1. The molecule has 0 fully saturated rings. The smallest absolute Gasteiger partial charge is 0.187 e. The summed E-state index contributed by atoms with van der Waals surface area (Å²) in [5, 5.41) is 12.2. The van der Waals surface area contributed by atoms with Crippen LogP contribution < -0.4 is 5.73 Å². The fourth-order valence-electron chi connectivity index (χ4n) is 1.87. The highest BCUT2D eigenvalue weighted by molar-refractivity contribution is 6.43. The number of nitrogens with two attached hydrogens (primary N) is 1. The van der Waals surface area contributed by atoms with Crippen molar-refractivity contribution in [2.45, 2.75) is 0 Å². The first-order valence-corrected chi connectivity index (χ1v) is 6.61. The van der Waals surface area contributed by atoms with Crippen LogP contribution in [0.25, 0.3) is 17.1 Å².